The van der Waals surface area contributed by atoms with Crippen molar-refractivity contribution in [2.75, 3.05) is 62.3 Å². The minimum atomic E-state index is -2.92. The summed E-state index contributed by atoms with van der Waals surface area (Å²) in [6.07, 6.45) is -2.92. The zero-order valence-electron chi connectivity index (χ0n) is 18.6. The number of imidazole rings is 1. The number of piperazine rings is 1. The van der Waals surface area contributed by atoms with Gasteiger partial charge < -0.3 is 24.5 Å². The van der Waals surface area contributed by atoms with Gasteiger partial charge >= 0.3 is 0 Å². The SMILES string of the molecule is CC(=O)N1CCN(c2nc(N3CCOCC3)nc(-n3c(C(F)F)nc4c(O)cccc43)n2)CC1. The number of phenolic OH excluding ortho intramolecular Hbond substituents is 1. The molecule has 34 heavy (non-hydrogen) atoms. The van der Waals surface area contributed by atoms with E-state index >= 15 is 0 Å². The van der Waals surface area contributed by atoms with E-state index in [4.69, 9.17) is 4.74 Å². The lowest BCUT2D eigenvalue weighted by molar-refractivity contribution is -0.129. The van der Waals surface area contributed by atoms with Crippen molar-refractivity contribution in [1.29, 1.82) is 0 Å². The summed E-state index contributed by atoms with van der Waals surface area (Å²) in [6, 6.07) is 4.52. The van der Waals surface area contributed by atoms with Crippen LogP contribution in [0, 0.1) is 0 Å². The summed E-state index contributed by atoms with van der Waals surface area (Å²) >= 11 is 0. The first kappa shape index (κ1) is 22.2. The number of amides is 1. The van der Waals surface area contributed by atoms with Gasteiger partial charge in [-0.25, -0.2) is 13.8 Å². The molecule has 180 valence electrons. The summed E-state index contributed by atoms with van der Waals surface area (Å²) in [6.45, 7) is 5.63. The number of hydrogen-bond donors (Lipinski definition) is 1. The number of nitrogens with zero attached hydrogens (tertiary/aromatic N) is 8. The lowest BCUT2D eigenvalue weighted by atomic mass is 10.3. The number of carbonyl (C=O) groups excluding carboxylic acids is 1. The number of aromatic hydroxyl groups is 1. The maximum Gasteiger partial charge on any atom is 0.296 e. The second-order valence-corrected chi connectivity index (χ2v) is 8.08. The first-order chi connectivity index (χ1) is 16.4. The minimum absolute atomic E-state index is 0.00346. The number of fused-ring (bicyclic) bond motifs is 1. The van der Waals surface area contributed by atoms with Gasteiger partial charge in [0.15, 0.2) is 5.82 Å². The number of benzene rings is 1. The van der Waals surface area contributed by atoms with Crippen molar-refractivity contribution in [3.8, 4) is 11.7 Å². The summed E-state index contributed by atoms with van der Waals surface area (Å²) < 4.78 is 34.6. The van der Waals surface area contributed by atoms with Crippen molar-refractivity contribution in [2.24, 2.45) is 0 Å². The quantitative estimate of drug-likeness (QED) is 0.599. The number of rotatable bonds is 4. The normalized spacial score (nSPS) is 17.1. The lowest BCUT2D eigenvalue weighted by Gasteiger charge is -2.35. The summed E-state index contributed by atoms with van der Waals surface area (Å²) in [4.78, 5) is 34.9. The van der Waals surface area contributed by atoms with E-state index in [0.29, 0.717) is 64.4 Å². The Morgan fingerprint density at radius 3 is 2.18 bits per heavy atom. The Kier molecular flexibility index (Phi) is 5.86. The third kappa shape index (κ3) is 4.06. The summed E-state index contributed by atoms with van der Waals surface area (Å²) in [7, 11) is 0. The molecule has 1 aromatic carbocycles. The van der Waals surface area contributed by atoms with Gasteiger partial charge in [-0.1, -0.05) is 6.07 Å². The Morgan fingerprint density at radius 1 is 0.941 bits per heavy atom. The average molecular weight is 474 g/mol. The van der Waals surface area contributed by atoms with Crippen LogP contribution in [0.25, 0.3) is 17.0 Å². The van der Waals surface area contributed by atoms with Crippen LogP contribution in [0.1, 0.15) is 19.2 Å². The summed E-state index contributed by atoms with van der Waals surface area (Å²) in [5, 5.41) is 10.2. The Balaban J connectivity index is 1.63. The molecule has 2 aliphatic rings. The predicted molar refractivity (Wildman–Crippen MR) is 119 cm³/mol. The number of halogens is 2. The lowest BCUT2D eigenvalue weighted by Crippen LogP contribution is -2.49. The highest BCUT2D eigenvalue weighted by Gasteiger charge is 2.27. The fraction of sp³-hybridized carbons (Fsp3) is 0.476. The number of aromatic nitrogens is 5. The molecule has 0 radical (unpaired) electrons. The Hall–Kier alpha value is -3.61. The number of alkyl halides is 2. The molecule has 13 heteroatoms. The molecule has 1 N–H and O–H groups in total. The third-order valence-corrected chi connectivity index (χ3v) is 5.99. The zero-order chi connectivity index (χ0) is 23.8. The number of anilines is 2. The highest BCUT2D eigenvalue weighted by atomic mass is 19.3. The van der Waals surface area contributed by atoms with Gasteiger partial charge in [-0.2, -0.15) is 15.0 Å². The molecule has 0 saturated carbocycles. The standard InChI is InChI=1S/C21H24F2N8O3/c1-13(32)28-5-7-29(8-6-28)19-25-20(30-9-11-34-12-10-30)27-21(26-19)31-14-3-2-4-15(33)16(14)24-18(31)17(22)23/h2-4,17,33H,5-12H2,1H3. The number of phenols is 1. The van der Waals surface area contributed by atoms with Gasteiger partial charge in [-0.15, -0.1) is 0 Å². The minimum Gasteiger partial charge on any atom is -0.506 e. The fourth-order valence-electron chi connectivity index (χ4n) is 4.17. The van der Waals surface area contributed by atoms with E-state index in [1.54, 1.807) is 17.0 Å². The van der Waals surface area contributed by atoms with Crippen molar-refractivity contribution in [1.82, 2.24) is 29.4 Å². The van der Waals surface area contributed by atoms with Crippen molar-refractivity contribution in [2.45, 2.75) is 13.3 Å². The van der Waals surface area contributed by atoms with Crippen LogP contribution < -0.4 is 9.80 Å². The highest BCUT2D eigenvalue weighted by Crippen LogP contribution is 2.32. The number of hydrogen-bond acceptors (Lipinski definition) is 9. The van der Waals surface area contributed by atoms with E-state index in [-0.39, 0.29) is 28.6 Å². The summed E-state index contributed by atoms with van der Waals surface area (Å²) in [5.74, 6) is -0.110. The predicted octanol–water partition coefficient (Wildman–Crippen LogP) is 1.36. The van der Waals surface area contributed by atoms with E-state index in [9.17, 15) is 18.7 Å². The molecule has 0 atom stereocenters. The van der Waals surface area contributed by atoms with Crippen LogP contribution >= 0.6 is 0 Å². The first-order valence-corrected chi connectivity index (χ1v) is 11.0. The Morgan fingerprint density at radius 2 is 1.56 bits per heavy atom. The molecule has 2 aromatic heterocycles. The van der Waals surface area contributed by atoms with E-state index in [1.165, 1.54) is 17.6 Å². The molecule has 1 amide bonds. The molecule has 2 fully saturated rings. The second-order valence-electron chi connectivity index (χ2n) is 8.08. The Labute approximate surface area is 193 Å². The van der Waals surface area contributed by atoms with Crippen molar-refractivity contribution in [3.63, 3.8) is 0 Å². The van der Waals surface area contributed by atoms with E-state index in [1.807, 2.05) is 9.80 Å². The summed E-state index contributed by atoms with van der Waals surface area (Å²) in [5.41, 5.74) is 0.310. The molecule has 5 rings (SSSR count). The van der Waals surface area contributed by atoms with Crippen molar-refractivity contribution in [3.05, 3.63) is 24.0 Å². The van der Waals surface area contributed by atoms with Gasteiger partial charge in [0.25, 0.3) is 6.43 Å². The third-order valence-electron chi connectivity index (χ3n) is 5.99. The molecule has 0 spiro atoms. The van der Waals surface area contributed by atoms with Gasteiger partial charge in [0.05, 0.1) is 18.7 Å². The molecule has 2 saturated heterocycles. The molecular formula is C21H24F2N8O3. The van der Waals surface area contributed by atoms with Crippen LogP contribution in [0.15, 0.2) is 18.2 Å². The van der Waals surface area contributed by atoms with Crippen LogP contribution in [0.4, 0.5) is 20.7 Å². The van der Waals surface area contributed by atoms with E-state index in [2.05, 4.69) is 19.9 Å². The molecule has 11 nitrogen and oxygen atoms in total. The van der Waals surface area contributed by atoms with Crippen molar-refractivity contribution >= 4 is 28.8 Å². The van der Waals surface area contributed by atoms with Gasteiger partial charge in [-0.05, 0) is 12.1 Å². The van der Waals surface area contributed by atoms with Crippen molar-refractivity contribution < 1.29 is 23.4 Å². The van der Waals surface area contributed by atoms with Gasteiger partial charge in [0.1, 0.15) is 11.3 Å². The molecule has 3 aromatic rings. The van der Waals surface area contributed by atoms with Crippen LogP contribution in [0.5, 0.6) is 5.75 Å². The largest absolute Gasteiger partial charge is 0.506 e. The highest BCUT2D eigenvalue weighted by molar-refractivity contribution is 5.83. The van der Waals surface area contributed by atoms with Gasteiger partial charge in [-0.3, -0.25) is 9.36 Å². The van der Waals surface area contributed by atoms with Crippen LogP contribution in [0.3, 0.4) is 0 Å². The number of ether oxygens (including phenoxy) is 1. The first-order valence-electron chi connectivity index (χ1n) is 11.0. The topological polar surface area (TPSA) is 113 Å². The smallest absolute Gasteiger partial charge is 0.296 e. The molecule has 0 bridgehead atoms. The van der Waals surface area contributed by atoms with Crippen LogP contribution in [-0.4, -0.2) is 92.9 Å². The number of para-hydroxylation sites is 1. The molecule has 0 aliphatic carbocycles. The van der Waals surface area contributed by atoms with Crippen LogP contribution in [-0.2, 0) is 9.53 Å². The second kappa shape index (κ2) is 8.97. The maximum atomic E-state index is 14.0. The number of morpholine rings is 1. The Bertz CT molecular complexity index is 1210. The van der Waals surface area contributed by atoms with Gasteiger partial charge in [0.2, 0.25) is 23.8 Å². The molecular weight excluding hydrogens is 450 g/mol. The number of carbonyl (C=O) groups is 1. The average Bonchev–Trinajstić information content (AvgIpc) is 3.26. The zero-order valence-corrected chi connectivity index (χ0v) is 18.6. The van der Waals surface area contributed by atoms with Gasteiger partial charge in [0, 0.05) is 46.2 Å². The molecule has 2 aliphatic heterocycles. The monoisotopic (exact) mass is 474 g/mol. The fourth-order valence-corrected chi connectivity index (χ4v) is 4.17. The molecule has 0 unspecified atom stereocenters. The van der Waals surface area contributed by atoms with E-state index in [0.717, 1.165) is 0 Å². The van der Waals surface area contributed by atoms with Crippen LogP contribution in [0.2, 0.25) is 0 Å². The van der Waals surface area contributed by atoms with E-state index < -0.39 is 12.2 Å². The maximum absolute atomic E-state index is 14.0. The molecule has 4 heterocycles.